The number of benzene rings is 10. The maximum absolute atomic E-state index is 2.50. The van der Waals surface area contributed by atoms with Gasteiger partial charge in [-0.2, -0.15) is 0 Å². The molecule has 0 fully saturated rings. The average molecular weight is 762 g/mol. The highest BCUT2D eigenvalue weighted by Gasteiger charge is 2.52. The molecule has 1 spiro atoms. The molecule has 280 valence electrons. The Bertz CT molecular complexity index is 3180. The Morgan fingerprint density at radius 2 is 0.683 bits per heavy atom. The van der Waals surface area contributed by atoms with E-state index >= 15 is 0 Å². The molecule has 0 saturated carbocycles. The van der Waals surface area contributed by atoms with Gasteiger partial charge in [0.2, 0.25) is 0 Å². The van der Waals surface area contributed by atoms with E-state index in [1.807, 2.05) is 0 Å². The van der Waals surface area contributed by atoms with E-state index in [9.17, 15) is 0 Å². The first-order valence-corrected chi connectivity index (χ1v) is 20.8. The lowest BCUT2D eigenvalue weighted by atomic mass is 9.70. The highest BCUT2D eigenvalue weighted by molar-refractivity contribution is 6.00. The van der Waals surface area contributed by atoms with Gasteiger partial charge in [-0.15, -0.1) is 0 Å². The van der Waals surface area contributed by atoms with E-state index < -0.39 is 5.41 Å². The van der Waals surface area contributed by atoms with Gasteiger partial charge in [-0.1, -0.05) is 194 Å². The molecule has 0 amide bonds. The first-order valence-electron chi connectivity index (χ1n) is 20.8. The van der Waals surface area contributed by atoms with Crippen LogP contribution in [-0.4, -0.2) is 0 Å². The first-order chi connectivity index (χ1) is 29.8. The second-order valence-electron chi connectivity index (χ2n) is 16.0. The SMILES string of the molecule is c1ccc(-c2ccc(-c3ccc(N(c4ccccc4)c4ccc5c(c4)C4(c6ccccc6-c6ccccc64)c4cc(-c6cccc7ccccc67)ccc4-5)cc3)cc2)cc1. The van der Waals surface area contributed by atoms with Crippen molar-refractivity contribution in [3.05, 3.63) is 259 Å². The summed E-state index contributed by atoms with van der Waals surface area (Å²) in [6.45, 7) is 0. The molecule has 1 heteroatoms. The van der Waals surface area contributed by atoms with E-state index in [1.165, 1.54) is 88.7 Å². The summed E-state index contributed by atoms with van der Waals surface area (Å²) in [5.41, 5.74) is 20.7. The summed E-state index contributed by atoms with van der Waals surface area (Å²) in [6, 6.07) is 87.3. The molecule has 60 heavy (non-hydrogen) atoms. The van der Waals surface area contributed by atoms with Gasteiger partial charge in [-0.3, -0.25) is 0 Å². The Labute approximate surface area is 351 Å². The molecule has 12 rings (SSSR count). The minimum atomic E-state index is -0.493. The number of nitrogens with zero attached hydrogens (tertiary/aromatic N) is 1. The van der Waals surface area contributed by atoms with Crippen LogP contribution in [0.3, 0.4) is 0 Å². The van der Waals surface area contributed by atoms with Crippen molar-refractivity contribution in [1.82, 2.24) is 0 Å². The number of hydrogen-bond donors (Lipinski definition) is 0. The van der Waals surface area contributed by atoms with Crippen LogP contribution in [0.4, 0.5) is 17.1 Å². The van der Waals surface area contributed by atoms with Crippen molar-refractivity contribution in [2.45, 2.75) is 5.41 Å². The molecule has 0 radical (unpaired) electrons. The molecule has 2 aliphatic carbocycles. The molecule has 1 nitrogen and oxygen atoms in total. The van der Waals surface area contributed by atoms with Crippen LogP contribution in [0.1, 0.15) is 22.3 Å². The van der Waals surface area contributed by atoms with Crippen LogP contribution in [-0.2, 0) is 5.41 Å². The predicted octanol–water partition coefficient (Wildman–Crippen LogP) is 15.7. The van der Waals surface area contributed by atoms with Gasteiger partial charge in [0.25, 0.3) is 0 Å². The second kappa shape index (κ2) is 13.7. The summed E-state index contributed by atoms with van der Waals surface area (Å²) < 4.78 is 0. The van der Waals surface area contributed by atoms with Crippen LogP contribution in [0.5, 0.6) is 0 Å². The summed E-state index contributed by atoms with van der Waals surface area (Å²) in [7, 11) is 0. The van der Waals surface area contributed by atoms with Gasteiger partial charge in [0.05, 0.1) is 5.41 Å². The fraction of sp³-hybridized carbons (Fsp3) is 0.0169. The zero-order valence-corrected chi connectivity index (χ0v) is 33.0. The normalized spacial score (nSPS) is 12.8. The fourth-order valence-electron chi connectivity index (χ4n) is 10.2. The molecule has 0 bridgehead atoms. The third-order valence-corrected chi connectivity index (χ3v) is 12.9. The first kappa shape index (κ1) is 34.3. The maximum Gasteiger partial charge on any atom is 0.0726 e. The predicted molar refractivity (Wildman–Crippen MR) is 251 cm³/mol. The van der Waals surface area contributed by atoms with E-state index in [0.717, 1.165) is 17.1 Å². The third kappa shape index (κ3) is 5.19. The van der Waals surface area contributed by atoms with Crippen LogP contribution in [0.25, 0.3) is 66.4 Å². The van der Waals surface area contributed by atoms with Crippen LogP contribution >= 0.6 is 0 Å². The van der Waals surface area contributed by atoms with Crippen molar-refractivity contribution < 1.29 is 0 Å². The molecule has 0 aromatic heterocycles. The van der Waals surface area contributed by atoms with Gasteiger partial charge >= 0.3 is 0 Å². The van der Waals surface area contributed by atoms with E-state index in [0.29, 0.717) is 0 Å². The van der Waals surface area contributed by atoms with Crippen LogP contribution < -0.4 is 4.90 Å². The lowest BCUT2D eigenvalue weighted by Gasteiger charge is -2.32. The zero-order chi connectivity index (χ0) is 39.6. The van der Waals surface area contributed by atoms with Crippen molar-refractivity contribution >= 4 is 27.8 Å². The van der Waals surface area contributed by atoms with Crippen molar-refractivity contribution in [2.75, 3.05) is 4.90 Å². The lowest BCUT2D eigenvalue weighted by molar-refractivity contribution is 0.794. The smallest absolute Gasteiger partial charge is 0.0726 e. The summed E-state index contributed by atoms with van der Waals surface area (Å²) in [6.07, 6.45) is 0. The second-order valence-corrected chi connectivity index (χ2v) is 16.0. The largest absolute Gasteiger partial charge is 0.310 e. The minimum Gasteiger partial charge on any atom is -0.310 e. The van der Waals surface area contributed by atoms with E-state index in [2.05, 4.69) is 241 Å². The van der Waals surface area contributed by atoms with Gasteiger partial charge in [-0.05, 0) is 131 Å². The summed E-state index contributed by atoms with van der Waals surface area (Å²) in [5.74, 6) is 0. The van der Waals surface area contributed by atoms with E-state index in [4.69, 9.17) is 0 Å². The molecule has 0 aliphatic heterocycles. The fourth-order valence-corrected chi connectivity index (χ4v) is 10.2. The zero-order valence-electron chi connectivity index (χ0n) is 33.0. The summed E-state index contributed by atoms with van der Waals surface area (Å²) in [4.78, 5) is 2.41. The average Bonchev–Trinajstić information content (AvgIpc) is 3.79. The van der Waals surface area contributed by atoms with E-state index in [1.54, 1.807) is 0 Å². The number of para-hydroxylation sites is 1. The molecule has 0 unspecified atom stereocenters. The number of rotatable bonds is 6. The van der Waals surface area contributed by atoms with Crippen molar-refractivity contribution in [1.29, 1.82) is 0 Å². The molecule has 0 atom stereocenters. The van der Waals surface area contributed by atoms with Crippen molar-refractivity contribution in [3.63, 3.8) is 0 Å². The minimum absolute atomic E-state index is 0.493. The Morgan fingerprint density at radius 1 is 0.250 bits per heavy atom. The molecule has 10 aromatic rings. The van der Waals surface area contributed by atoms with Crippen molar-refractivity contribution in [3.8, 4) is 55.6 Å². The van der Waals surface area contributed by atoms with Gasteiger partial charge in [0, 0.05) is 17.1 Å². The Kier molecular flexibility index (Phi) is 7.83. The maximum atomic E-state index is 2.50. The van der Waals surface area contributed by atoms with Gasteiger partial charge in [-0.25, -0.2) is 0 Å². The van der Waals surface area contributed by atoms with Gasteiger partial charge in [0.1, 0.15) is 0 Å². The highest BCUT2D eigenvalue weighted by Crippen LogP contribution is 2.63. The van der Waals surface area contributed by atoms with Crippen LogP contribution in [0.15, 0.2) is 237 Å². The topological polar surface area (TPSA) is 3.24 Å². The van der Waals surface area contributed by atoms with Crippen LogP contribution in [0, 0.1) is 0 Å². The molecular formula is C59H39N. The third-order valence-electron chi connectivity index (χ3n) is 12.9. The number of fused-ring (bicyclic) bond motifs is 11. The molecule has 0 heterocycles. The Hall–Kier alpha value is -7.74. The highest BCUT2D eigenvalue weighted by atomic mass is 15.1. The quantitative estimate of drug-likeness (QED) is 0.163. The van der Waals surface area contributed by atoms with Gasteiger partial charge < -0.3 is 4.90 Å². The Morgan fingerprint density at radius 3 is 1.37 bits per heavy atom. The molecule has 0 N–H and O–H groups in total. The van der Waals surface area contributed by atoms with E-state index in [-0.39, 0.29) is 0 Å². The standard InChI is InChI=1S/C59H39N/c1-3-14-40(15-4-1)41-26-28-42(29-27-41)43-30-33-47(34-31-43)60(46-18-5-2-6-19-46)48-35-37-54-53-36-32-45(50-23-13-17-44-16-7-8-20-49(44)50)38-57(53)59(58(54)39-48)55-24-11-9-21-51(55)52-22-10-12-25-56(52)59/h1-39H. The van der Waals surface area contributed by atoms with Gasteiger partial charge in [0.15, 0.2) is 0 Å². The summed E-state index contributed by atoms with van der Waals surface area (Å²) >= 11 is 0. The molecule has 0 saturated heterocycles. The van der Waals surface area contributed by atoms with Crippen molar-refractivity contribution in [2.24, 2.45) is 0 Å². The lowest BCUT2D eigenvalue weighted by Crippen LogP contribution is -2.26. The molecule has 2 aliphatic rings. The monoisotopic (exact) mass is 761 g/mol. The Balaban J connectivity index is 1.03. The summed E-state index contributed by atoms with van der Waals surface area (Å²) in [5, 5.41) is 2.53. The molecular weight excluding hydrogens is 723 g/mol. The van der Waals surface area contributed by atoms with Crippen LogP contribution in [0.2, 0.25) is 0 Å². The number of hydrogen-bond acceptors (Lipinski definition) is 1. The number of anilines is 3. The molecule has 10 aromatic carbocycles.